The molecule has 3 unspecified atom stereocenters. The maximum absolute atomic E-state index is 11.5. The van der Waals surface area contributed by atoms with Gasteiger partial charge < -0.3 is 10.1 Å². The third-order valence-corrected chi connectivity index (χ3v) is 6.48. The Morgan fingerprint density at radius 2 is 2.10 bits per heavy atom. The summed E-state index contributed by atoms with van der Waals surface area (Å²) in [6.45, 7) is 9.33. The highest BCUT2D eigenvalue weighted by molar-refractivity contribution is 7.88. The largest absolute Gasteiger partial charge is 0.377 e. The highest BCUT2D eigenvalue weighted by Gasteiger charge is 2.57. The van der Waals surface area contributed by atoms with Gasteiger partial charge in [-0.3, -0.25) is 0 Å². The summed E-state index contributed by atoms with van der Waals surface area (Å²) in [5.41, 5.74) is 0.187. The third-order valence-electron chi connectivity index (χ3n) is 5.10. The van der Waals surface area contributed by atoms with Crippen LogP contribution in [0.15, 0.2) is 0 Å². The summed E-state index contributed by atoms with van der Waals surface area (Å²) in [6.07, 6.45) is 4.93. The number of hydrogen-bond acceptors (Lipinski definition) is 4. The van der Waals surface area contributed by atoms with E-state index >= 15 is 0 Å². The molecule has 0 amide bonds. The van der Waals surface area contributed by atoms with Crippen LogP contribution in [0.2, 0.25) is 0 Å². The van der Waals surface area contributed by atoms with Crippen molar-refractivity contribution in [2.75, 3.05) is 32.5 Å². The van der Waals surface area contributed by atoms with Crippen LogP contribution in [0.25, 0.3) is 0 Å². The van der Waals surface area contributed by atoms with Gasteiger partial charge in [0.15, 0.2) is 0 Å². The van der Waals surface area contributed by atoms with Crippen LogP contribution in [-0.4, -0.2) is 57.4 Å². The Hall–Kier alpha value is -0.170. The topological polar surface area (TPSA) is 58.6 Å². The lowest BCUT2D eigenvalue weighted by Crippen LogP contribution is -2.69. The van der Waals surface area contributed by atoms with Crippen LogP contribution in [0.3, 0.4) is 0 Å². The van der Waals surface area contributed by atoms with E-state index < -0.39 is 10.0 Å². The fourth-order valence-corrected chi connectivity index (χ4v) is 4.94. The van der Waals surface area contributed by atoms with Crippen LogP contribution in [-0.2, 0) is 14.8 Å². The van der Waals surface area contributed by atoms with E-state index in [2.05, 4.69) is 19.2 Å². The molecule has 0 radical (unpaired) electrons. The molecule has 0 aromatic rings. The van der Waals surface area contributed by atoms with Crippen molar-refractivity contribution in [3.05, 3.63) is 0 Å². The van der Waals surface area contributed by atoms with E-state index in [0.29, 0.717) is 31.2 Å². The predicted octanol–water partition coefficient (Wildman–Crippen LogP) is 1.45. The van der Waals surface area contributed by atoms with E-state index in [1.165, 1.54) is 17.0 Å². The van der Waals surface area contributed by atoms with Crippen molar-refractivity contribution in [1.82, 2.24) is 9.62 Å². The molecule has 6 heteroatoms. The van der Waals surface area contributed by atoms with Crippen molar-refractivity contribution in [3.8, 4) is 0 Å². The molecular formula is C15H30N2O3S. The lowest BCUT2D eigenvalue weighted by molar-refractivity contribution is -0.192. The molecule has 2 fully saturated rings. The molecule has 2 rings (SSSR count). The van der Waals surface area contributed by atoms with E-state index in [1.807, 2.05) is 6.92 Å². The Morgan fingerprint density at radius 3 is 2.71 bits per heavy atom. The molecule has 1 aliphatic heterocycles. The standard InChI is InChI=1S/C15H30N2O3S/c1-5-17(21(4,18)19)10-7-9-16-13-12-8-6-11-20-14(12)15(13,2)3/h12-14,16H,5-11H2,1-4H3. The third kappa shape index (κ3) is 3.60. The summed E-state index contributed by atoms with van der Waals surface area (Å²) in [4.78, 5) is 0. The minimum atomic E-state index is -3.06. The molecule has 0 bridgehead atoms. The average Bonchev–Trinajstić information content (AvgIpc) is 2.41. The Labute approximate surface area is 129 Å². The van der Waals surface area contributed by atoms with Crippen LogP contribution in [0.5, 0.6) is 0 Å². The first kappa shape index (κ1) is 17.2. The van der Waals surface area contributed by atoms with Crippen molar-refractivity contribution >= 4 is 10.0 Å². The van der Waals surface area contributed by atoms with Crippen molar-refractivity contribution in [2.45, 2.75) is 52.2 Å². The Morgan fingerprint density at radius 1 is 1.38 bits per heavy atom. The van der Waals surface area contributed by atoms with Crippen molar-refractivity contribution in [1.29, 1.82) is 0 Å². The molecule has 1 aliphatic carbocycles. The molecule has 0 aromatic heterocycles. The molecule has 2 aliphatic rings. The Kier molecular flexibility index (Phi) is 5.34. The summed E-state index contributed by atoms with van der Waals surface area (Å²) in [5, 5.41) is 3.64. The average molecular weight is 318 g/mol. The van der Waals surface area contributed by atoms with Gasteiger partial charge in [-0.05, 0) is 25.8 Å². The second-order valence-corrected chi connectivity index (χ2v) is 8.94. The second kappa shape index (κ2) is 6.52. The maximum atomic E-state index is 11.5. The number of nitrogens with one attached hydrogen (secondary N) is 1. The molecule has 5 nitrogen and oxygen atoms in total. The zero-order valence-corrected chi connectivity index (χ0v) is 14.6. The number of nitrogens with zero attached hydrogens (tertiary/aromatic N) is 1. The van der Waals surface area contributed by atoms with E-state index in [0.717, 1.165) is 26.0 Å². The highest BCUT2D eigenvalue weighted by Crippen LogP contribution is 2.51. The molecular weight excluding hydrogens is 288 g/mol. The van der Waals surface area contributed by atoms with Gasteiger partial charge in [0.1, 0.15) is 0 Å². The van der Waals surface area contributed by atoms with Crippen LogP contribution in [0.1, 0.15) is 40.0 Å². The molecule has 1 N–H and O–H groups in total. The van der Waals surface area contributed by atoms with Crippen LogP contribution in [0.4, 0.5) is 0 Å². The zero-order valence-electron chi connectivity index (χ0n) is 13.8. The van der Waals surface area contributed by atoms with E-state index in [1.54, 1.807) is 0 Å². The van der Waals surface area contributed by atoms with E-state index in [4.69, 9.17) is 4.74 Å². The molecule has 1 heterocycles. The molecule has 1 saturated carbocycles. The first-order chi connectivity index (χ1) is 9.78. The molecule has 124 valence electrons. The Bertz CT molecular complexity index is 450. The van der Waals surface area contributed by atoms with E-state index in [9.17, 15) is 8.42 Å². The zero-order chi connectivity index (χ0) is 15.7. The molecule has 3 atom stereocenters. The molecule has 1 saturated heterocycles. The quantitative estimate of drug-likeness (QED) is 0.722. The van der Waals surface area contributed by atoms with Gasteiger partial charge in [-0.25, -0.2) is 12.7 Å². The summed E-state index contributed by atoms with van der Waals surface area (Å²) in [6, 6.07) is 0.496. The van der Waals surface area contributed by atoms with Crippen molar-refractivity contribution < 1.29 is 13.2 Å². The van der Waals surface area contributed by atoms with Gasteiger partial charge >= 0.3 is 0 Å². The minimum absolute atomic E-state index is 0.187. The van der Waals surface area contributed by atoms with Crippen LogP contribution in [0, 0.1) is 11.3 Å². The molecule has 21 heavy (non-hydrogen) atoms. The number of ether oxygens (including phenoxy) is 1. The first-order valence-corrected chi connectivity index (χ1v) is 9.93. The predicted molar refractivity (Wildman–Crippen MR) is 84.7 cm³/mol. The molecule has 0 spiro atoms. The van der Waals surface area contributed by atoms with Gasteiger partial charge in [-0.1, -0.05) is 20.8 Å². The number of rotatable bonds is 7. The minimum Gasteiger partial charge on any atom is -0.377 e. The number of hydrogen-bond donors (Lipinski definition) is 1. The van der Waals surface area contributed by atoms with Crippen molar-refractivity contribution in [3.63, 3.8) is 0 Å². The van der Waals surface area contributed by atoms with Crippen LogP contribution < -0.4 is 5.32 Å². The monoisotopic (exact) mass is 318 g/mol. The lowest BCUT2D eigenvalue weighted by Gasteiger charge is -2.60. The normalized spacial score (nSPS) is 31.8. The van der Waals surface area contributed by atoms with Crippen LogP contribution >= 0.6 is 0 Å². The smallest absolute Gasteiger partial charge is 0.211 e. The van der Waals surface area contributed by atoms with Gasteiger partial charge in [0.05, 0.1) is 12.4 Å². The summed E-state index contributed by atoms with van der Waals surface area (Å²) in [7, 11) is -3.06. The van der Waals surface area contributed by atoms with Crippen molar-refractivity contribution in [2.24, 2.45) is 11.3 Å². The summed E-state index contributed by atoms with van der Waals surface area (Å²) < 4.78 is 30.5. The summed E-state index contributed by atoms with van der Waals surface area (Å²) >= 11 is 0. The van der Waals surface area contributed by atoms with Gasteiger partial charge in [0.25, 0.3) is 0 Å². The maximum Gasteiger partial charge on any atom is 0.211 e. The Balaban J connectivity index is 1.76. The van der Waals surface area contributed by atoms with Gasteiger partial charge in [-0.2, -0.15) is 0 Å². The van der Waals surface area contributed by atoms with Gasteiger partial charge in [0.2, 0.25) is 10.0 Å². The lowest BCUT2D eigenvalue weighted by atomic mass is 9.55. The van der Waals surface area contributed by atoms with Gasteiger partial charge in [0, 0.05) is 37.1 Å². The van der Waals surface area contributed by atoms with Gasteiger partial charge in [-0.15, -0.1) is 0 Å². The molecule has 0 aromatic carbocycles. The fraction of sp³-hybridized carbons (Fsp3) is 1.00. The number of sulfonamides is 1. The fourth-order valence-electron chi connectivity index (χ4n) is 4.01. The van der Waals surface area contributed by atoms with E-state index in [-0.39, 0.29) is 5.41 Å². The summed E-state index contributed by atoms with van der Waals surface area (Å²) in [5.74, 6) is 0.630. The number of fused-ring (bicyclic) bond motifs is 1. The SMILES string of the molecule is CCN(CCCNC1C2CCCOC2C1(C)C)S(C)(=O)=O. The highest BCUT2D eigenvalue weighted by atomic mass is 32.2. The first-order valence-electron chi connectivity index (χ1n) is 8.08. The second-order valence-electron chi connectivity index (χ2n) is 6.96.